The maximum Gasteiger partial charge on any atom is 0.303 e. The molecule has 0 aromatic rings. The van der Waals surface area contributed by atoms with Crippen molar-refractivity contribution in [3.8, 4) is 0 Å². The van der Waals surface area contributed by atoms with Crippen LogP contribution in [0.5, 0.6) is 0 Å². The van der Waals surface area contributed by atoms with E-state index in [1.54, 1.807) is 13.8 Å². The van der Waals surface area contributed by atoms with Crippen molar-refractivity contribution in [3.05, 3.63) is 34.9 Å². The summed E-state index contributed by atoms with van der Waals surface area (Å²) < 4.78 is 37.6. The van der Waals surface area contributed by atoms with Gasteiger partial charge in [0, 0.05) is 29.2 Å². The number of esters is 1. The van der Waals surface area contributed by atoms with Gasteiger partial charge in [-0.25, -0.2) is 8.78 Å². The Labute approximate surface area is 190 Å². The molecule has 3 unspecified atom stereocenters. The molecule has 0 heterocycles. The number of hydrogen-bond donors (Lipinski definition) is 1. The lowest BCUT2D eigenvalue weighted by Crippen LogP contribution is -2.71. The molecular formula is C24H27ClF2O5. The van der Waals surface area contributed by atoms with Crippen molar-refractivity contribution in [1.29, 1.82) is 0 Å². The summed E-state index contributed by atoms with van der Waals surface area (Å²) in [5.41, 5.74) is -3.80. The molecule has 1 N–H and O–H groups in total. The van der Waals surface area contributed by atoms with Gasteiger partial charge in [0.15, 0.2) is 23.8 Å². The van der Waals surface area contributed by atoms with Gasteiger partial charge in [0.25, 0.3) is 0 Å². The largest absolute Gasteiger partial charge is 0.457 e. The van der Waals surface area contributed by atoms with Crippen LogP contribution in [0.15, 0.2) is 34.9 Å². The molecule has 8 atom stereocenters. The predicted octanol–water partition coefficient (Wildman–Crippen LogP) is 3.58. The molecule has 0 aliphatic heterocycles. The number of aliphatic hydroxyl groups excluding tert-OH is 1. The molecule has 0 aromatic heterocycles. The summed E-state index contributed by atoms with van der Waals surface area (Å²) in [5.74, 6) is -3.10. The second-order valence-electron chi connectivity index (χ2n) is 9.98. The molecule has 2 saturated carbocycles. The summed E-state index contributed by atoms with van der Waals surface area (Å²) in [7, 11) is 0. The average Bonchev–Trinajstić information content (AvgIpc) is 2.96. The van der Waals surface area contributed by atoms with E-state index in [-0.39, 0.29) is 12.0 Å². The van der Waals surface area contributed by atoms with Crippen LogP contribution in [-0.4, -0.2) is 52.6 Å². The van der Waals surface area contributed by atoms with Crippen molar-refractivity contribution in [1.82, 2.24) is 0 Å². The summed E-state index contributed by atoms with van der Waals surface area (Å²) in [6.45, 7) is 5.77. The Morgan fingerprint density at radius 3 is 2.62 bits per heavy atom. The number of rotatable bonds is 3. The van der Waals surface area contributed by atoms with E-state index in [2.05, 4.69) is 0 Å². The van der Waals surface area contributed by atoms with Crippen molar-refractivity contribution in [2.45, 2.75) is 63.9 Å². The molecule has 0 amide bonds. The lowest BCUT2D eigenvalue weighted by Gasteiger charge is -2.63. The van der Waals surface area contributed by atoms with Gasteiger partial charge in [-0.1, -0.05) is 18.6 Å². The molecule has 0 bridgehead atoms. The van der Waals surface area contributed by atoms with Gasteiger partial charge in [-0.3, -0.25) is 14.4 Å². The fourth-order valence-electron chi connectivity index (χ4n) is 6.88. The van der Waals surface area contributed by atoms with E-state index in [0.717, 1.165) is 6.08 Å². The van der Waals surface area contributed by atoms with Crippen LogP contribution in [0.4, 0.5) is 8.78 Å². The molecule has 4 rings (SSSR count). The zero-order chi connectivity index (χ0) is 23.8. The average molecular weight is 469 g/mol. The Bertz CT molecular complexity index is 1000. The van der Waals surface area contributed by atoms with E-state index in [9.17, 15) is 19.5 Å². The number of Topliss-reactive ketones (excluding diaryl/α,β-unsaturated/α-hetero) is 1. The van der Waals surface area contributed by atoms with E-state index in [1.807, 2.05) is 0 Å². The molecule has 8 heteroatoms. The quantitative estimate of drug-likeness (QED) is 0.506. The molecule has 0 spiro atoms. The molecule has 4 aliphatic carbocycles. The van der Waals surface area contributed by atoms with Crippen molar-refractivity contribution < 1.29 is 33.0 Å². The molecule has 0 aromatic carbocycles. The van der Waals surface area contributed by atoms with Gasteiger partial charge < -0.3 is 9.84 Å². The van der Waals surface area contributed by atoms with Crippen LogP contribution < -0.4 is 0 Å². The number of halogens is 3. The number of carbonyl (C=O) groups excluding carboxylic acids is 3. The summed E-state index contributed by atoms with van der Waals surface area (Å²) in [6.07, 6.45) is 0.542. The number of carbonyl (C=O) groups is 3. The third-order valence-electron chi connectivity index (χ3n) is 8.24. The van der Waals surface area contributed by atoms with Gasteiger partial charge in [-0.2, -0.15) is 0 Å². The lowest BCUT2D eigenvalue weighted by atomic mass is 9.44. The molecule has 174 valence electrons. The summed E-state index contributed by atoms with van der Waals surface area (Å²) in [6, 6.07) is 0. The summed E-state index contributed by atoms with van der Waals surface area (Å²) in [5, 5.41) is 9.91. The number of alkyl halides is 3. The molecule has 0 saturated heterocycles. The monoisotopic (exact) mass is 468 g/mol. The van der Waals surface area contributed by atoms with Crippen molar-refractivity contribution in [2.24, 2.45) is 22.7 Å². The lowest BCUT2D eigenvalue weighted by molar-refractivity contribution is -0.191. The number of fused-ring (bicyclic) bond motifs is 5. The molecule has 4 aliphatic rings. The molecule has 0 radical (unpaired) electrons. The standard InChI is InChI=1S/C24H27ClF2O5/c1-11-7-14-19-20(25)21(26)15-8-13(29)5-6-23(15,4)24(19,27)17(31)9-22(14,3)18(11)16(30)10-32-12(2)28/h5-6,8,14,17,19-21,31H,7,9-10H2,1-4H3/t14-,17?,19+,20?,21?,22-,23-,24+/m0/s1. The fraction of sp³-hybridized carbons (Fsp3) is 0.625. The minimum absolute atomic E-state index is 0.0553. The minimum Gasteiger partial charge on any atom is -0.457 e. The van der Waals surface area contributed by atoms with E-state index < -0.39 is 70.1 Å². The second kappa shape index (κ2) is 7.32. The molecule has 5 nitrogen and oxygen atoms in total. The Hall–Kier alpha value is -1.86. The first kappa shape index (κ1) is 23.3. The second-order valence-corrected chi connectivity index (χ2v) is 10.5. The van der Waals surface area contributed by atoms with E-state index in [1.165, 1.54) is 26.0 Å². The number of ether oxygens (including phenoxy) is 1. The van der Waals surface area contributed by atoms with Gasteiger partial charge in [0.05, 0.1) is 11.5 Å². The highest BCUT2D eigenvalue weighted by Crippen LogP contribution is 2.69. The van der Waals surface area contributed by atoms with Gasteiger partial charge in [0.1, 0.15) is 6.17 Å². The topological polar surface area (TPSA) is 80.7 Å². The Balaban J connectivity index is 1.80. The van der Waals surface area contributed by atoms with E-state index in [0.29, 0.717) is 17.6 Å². The Morgan fingerprint density at radius 2 is 2.00 bits per heavy atom. The normalized spacial score (nSPS) is 45.1. The summed E-state index contributed by atoms with van der Waals surface area (Å²) in [4.78, 5) is 36.1. The smallest absolute Gasteiger partial charge is 0.303 e. The maximum absolute atomic E-state index is 17.1. The van der Waals surface area contributed by atoms with E-state index in [4.69, 9.17) is 16.3 Å². The molecule has 2 fully saturated rings. The SMILES string of the molecule is CC(=O)OCC(=O)C1=C(C)C[C@H]2[C@@H]3C(Cl)C(F)C4=CC(=O)C=C[C@]4(C)[C@@]3(F)C(O)C[C@]12C. The Kier molecular flexibility index (Phi) is 5.33. The van der Waals surface area contributed by atoms with Gasteiger partial charge in [-0.05, 0) is 50.3 Å². The minimum atomic E-state index is -2.33. The van der Waals surface area contributed by atoms with Crippen LogP contribution in [0.25, 0.3) is 0 Å². The number of allylic oxidation sites excluding steroid dienone is 5. The van der Waals surface area contributed by atoms with Crippen LogP contribution in [0, 0.1) is 22.7 Å². The number of aliphatic hydroxyl groups is 1. The highest BCUT2D eigenvalue weighted by atomic mass is 35.5. The zero-order valence-corrected chi connectivity index (χ0v) is 19.2. The van der Waals surface area contributed by atoms with Crippen LogP contribution in [0.1, 0.15) is 40.5 Å². The van der Waals surface area contributed by atoms with Crippen LogP contribution in [0.3, 0.4) is 0 Å². The highest BCUT2D eigenvalue weighted by Gasteiger charge is 2.74. The van der Waals surface area contributed by atoms with E-state index >= 15 is 8.78 Å². The van der Waals surface area contributed by atoms with Crippen LogP contribution >= 0.6 is 11.6 Å². The first-order valence-corrected chi connectivity index (χ1v) is 11.2. The summed E-state index contributed by atoms with van der Waals surface area (Å²) >= 11 is 6.56. The van der Waals surface area contributed by atoms with Crippen molar-refractivity contribution in [3.63, 3.8) is 0 Å². The van der Waals surface area contributed by atoms with Crippen molar-refractivity contribution in [2.75, 3.05) is 6.61 Å². The molecule has 32 heavy (non-hydrogen) atoms. The number of ketones is 2. The Morgan fingerprint density at radius 1 is 1.34 bits per heavy atom. The van der Waals surface area contributed by atoms with Crippen molar-refractivity contribution >= 4 is 29.1 Å². The number of hydrogen-bond acceptors (Lipinski definition) is 5. The predicted molar refractivity (Wildman–Crippen MR) is 113 cm³/mol. The first-order chi connectivity index (χ1) is 14.8. The first-order valence-electron chi connectivity index (χ1n) is 10.8. The third-order valence-corrected chi connectivity index (χ3v) is 8.74. The molecular weight excluding hydrogens is 442 g/mol. The van der Waals surface area contributed by atoms with Gasteiger partial charge >= 0.3 is 5.97 Å². The fourth-order valence-corrected chi connectivity index (χ4v) is 7.37. The maximum atomic E-state index is 17.1. The highest BCUT2D eigenvalue weighted by molar-refractivity contribution is 6.22. The third kappa shape index (κ3) is 2.86. The van der Waals surface area contributed by atoms with Crippen LogP contribution in [0.2, 0.25) is 0 Å². The van der Waals surface area contributed by atoms with Gasteiger partial charge in [-0.15, -0.1) is 11.6 Å². The van der Waals surface area contributed by atoms with Gasteiger partial charge in [0.2, 0.25) is 0 Å². The zero-order valence-electron chi connectivity index (χ0n) is 18.5. The van der Waals surface area contributed by atoms with Crippen LogP contribution in [-0.2, 0) is 19.1 Å².